The number of carbonyl (C=O) groups excluding carboxylic acids is 1. The number of amides is 1. The Morgan fingerprint density at radius 3 is 2.62 bits per heavy atom. The van der Waals surface area contributed by atoms with Gasteiger partial charge in [0.25, 0.3) is 5.91 Å². The van der Waals surface area contributed by atoms with E-state index in [0.717, 1.165) is 36.5 Å². The standard InChI is InChI=1S/C16H17ClN2OS/c17-15-12(16(20)19-9-5-1-2-6-10-19)11-14(21-15)13-7-3-4-8-18-13/h3-4,7-8,11H,1-2,5-6,9-10H2. The maximum absolute atomic E-state index is 12.6. The zero-order valence-corrected chi connectivity index (χ0v) is 13.3. The van der Waals surface area contributed by atoms with Crippen LogP contribution in [0.2, 0.25) is 4.34 Å². The minimum absolute atomic E-state index is 0.0559. The summed E-state index contributed by atoms with van der Waals surface area (Å²) in [6, 6.07) is 7.62. The lowest BCUT2D eigenvalue weighted by atomic mass is 10.2. The Kier molecular flexibility index (Phi) is 4.56. The van der Waals surface area contributed by atoms with E-state index in [1.807, 2.05) is 29.2 Å². The molecule has 5 heteroatoms. The Morgan fingerprint density at radius 2 is 1.95 bits per heavy atom. The summed E-state index contributed by atoms with van der Waals surface area (Å²) in [5, 5.41) is 0. The maximum Gasteiger partial charge on any atom is 0.256 e. The number of halogens is 1. The molecule has 1 amide bonds. The first-order chi connectivity index (χ1) is 10.3. The molecule has 3 nitrogen and oxygen atoms in total. The van der Waals surface area contributed by atoms with Crippen LogP contribution in [0.4, 0.5) is 0 Å². The van der Waals surface area contributed by atoms with Crippen molar-refractivity contribution in [3.63, 3.8) is 0 Å². The Balaban J connectivity index is 1.85. The monoisotopic (exact) mass is 320 g/mol. The average molecular weight is 321 g/mol. The number of nitrogens with zero attached hydrogens (tertiary/aromatic N) is 2. The topological polar surface area (TPSA) is 33.2 Å². The molecule has 110 valence electrons. The summed E-state index contributed by atoms with van der Waals surface area (Å²) >= 11 is 7.71. The predicted molar refractivity (Wildman–Crippen MR) is 86.9 cm³/mol. The summed E-state index contributed by atoms with van der Waals surface area (Å²) in [4.78, 5) is 19.8. The fraction of sp³-hybridized carbons (Fsp3) is 0.375. The molecule has 0 radical (unpaired) electrons. The van der Waals surface area contributed by atoms with Crippen LogP contribution in [0, 0.1) is 0 Å². The van der Waals surface area contributed by atoms with E-state index in [-0.39, 0.29) is 5.91 Å². The molecule has 0 unspecified atom stereocenters. The minimum atomic E-state index is 0.0559. The van der Waals surface area contributed by atoms with Crippen LogP contribution in [-0.4, -0.2) is 28.9 Å². The van der Waals surface area contributed by atoms with Gasteiger partial charge in [-0.1, -0.05) is 30.5 Å². The van der Waals surface area contributed by atoms with Crippen LogP contribution in [0.25, 0.3) is 10.6 Å². The Hall–Kier alpha value is -1.39. The van der Waals surface area contributed by atoms with Crippen molar-refractivity contribution in [2.24, 2.45) is 0 Å². The van der Waals surface area contributed by atoms with Gasteiger partial charge in [-0.15, -0.1) is 11.3 Å². The van der Waals surface area contributed by atoms with Gasteiger partial charge in [-0.05, 0) is 31.0 Å². The Morgan fingerprint density at radius 1 is 1.19 bits per heavy atom. The zero-order chi connectivity index (χ0) is 14.7. The molecule has 0 aromatic carbocycles. The minimum Gasteiger partial charge on any atom is -0.339 e. The van der Waals surface area contributed by atoms with Crippen LogP contribution >= 0.6 is 22.9 Å². The third-order valence-corrected chi connectivity index (χ3v) is 5.11. The third kappa shape index (κ3) is 3.27. The van der Waals surface area contributed by atoms with Gasteiger partial charge in [0.05, 0.1) is 16.1 Å². The number of pyridine rings is 1. The smallest absolute Gasteiger partial charge is 0.256 e. The van der Waals surface area contributed by atoms with E-state index in [4.69, 9.17) is 11.6 Å². The van der Waals surface area contributed by atoms with E-state index in [1.165, 1.54) is 24.2 Å². The van der Waals surface area contributed by atoms with Crippen LogP contribution < -0.4 is 0 Å². The predicted octanol–water partition coefficient (Wildman–Crippen LogP) is 4.48. The maximum atomic E-state index is 12.6. The zero-order valence-electron chi connectivity index (χ0n) is 11.7. The second-order valence-corrected chi connectivity index (χ2v) is 6.87. The number of hydrogen-bond acceptors (Lipinski definition) is 3. The van der Waals surface area contributed by atoms with Crippen LogP contribution in [0.5, 0.6) is 0 Å². The first kappa shape index (κ1) is 14.5. The molecule has 1 aliphatic heterocycles. The fourth-order valence-corrected chi connectivity index (χ4v) is 3.83. The highest BCUT2D eigenvalue weighted by molar-refractivity contribution is 7.19. The highest BCUT2D eigenvalue weighted by Gasteiger charge is 2.22. The molecular formula is C16H17ClN2OS. The van der Waals surface area contributed by atoms with Gasteiger partial charge < -0.3 is 4.90 Å². The molecule has 2 aromatic rings. The van der Waals surface area contributed by atoms with Crippen molar-refractivity contribution in [3.8, 4) is 10.6 Å². The van der Waals surface area contributed by atoms with Crippen LogP contribution in [0.15, 0.2) is 30.5 Å². The van der Waals surface area contributed by atoms with E-state index in [9.17, 15) is 4.79 Å². The van der Waals surface area contributed by atoms with Gasteiger partial charge >= 0.3 is 0 Å². The summed E-state index contributed by atoms with van der Waals surface area (Å²) < 4.78 is 0.560. The molecule has 1 aliphatic rings. The van der Waals surface area contributed by atoms with E-state index in [2.05, 4.69) is 4.98 Å². The molecular weight excluding hydrogens is 304 g/mol. The molecule has 0 aliphatic carbocycles. The van der Waals surface area contributed by atoms with Gasteiger partial charge in [0, 0.05) is 19.3 Å². The summed E-state index contributed by atoms with van der Waals surface area (Å²) in [6.45, 7) is 1.67. The van der Waals surface area contributed by atoms with Crippen molar-refractivity contribution in [2.75, 3.05) is 13.1 Å². The normalized spacial score (nSPS) is 15.8. The molecule has 0 atom stereocenters. The van der Waals surface area contributed by atoms with Crippen molar-refractivity contribution in [1.29, 1.82) is 0 Å². The van der Waals surface area contributed by atoms with E-state index in [0.29, 0.717) is 9.90 Å². The SMILES string of the molecule is O=C(c1cc(-c2ccccn2)sc1Cl)N1CCCCCC1. The number of carbonyl (C=O) groups is 1. The number of likely N-dealkylation sites (tertiary alicyclic amines) is 1. The van der Waals surface area contributed by atoms with E-state index >= 15 is 0 Å². The number of thiophene rings is 1. The molecule has 3 heterocycles. The fourth-order valence-electron chi connectivity index (χ4n) is 2.59. The lowest BCUT2D eigenvalue weighted by molar-refractivity contribution is 0.0762. The van der Waals surface area contributed by atoms with Crippen LogP contribution in [0.3, 0.4) is 0 Å². The molecule has 0 spiro atoms. The molecule has 0 saturated carbocycles. The quantitative estimate of drug-likeness (QED) is 0.817. The first-order valence-corrected chi connectivity index (χ1v) is 8.45. The van der Waals surface area contributed by atoms with Crippen molar-refractivity contribution >= 4 is 28.8 Å². The second kappa shape index (κ2) is 6.58. The average Bonchev–Trinajstić information content (AvgIpc) is 2.74. The van der Waals surface area contributed by atoms with Gasteiger partial charge in [-0.3, -0.25) is 9.78 Å². The molecule has 0 bridgehead atoms. The third-order valence-electron chi connectivity index (χ3n) is 3.73. The molecule has 1 fully saturated rings. The molecule has 1 saturated heterocycles. The molecule has 2 aromatic heterocycles. The summed E-state index contributed by atoms with van der Waals surface area (Å²) in [5.41, 5.74) is 1.48. The Bertz CT molecular complexity index is 618. The largest absolute Gasteiger partial charge is 0.339 e. The van der Waals surface area contributed by atoms with Gasteiger partial charge in [0.2, 0.25) is 0 Å². The Labute approximate surface area is 133 Å². The lowest BCUT2D eigenvalue weighted by Crippen LogP contribution is -2.31. The van der Waals surface area contributed by atoms with Gasteiger partial charge in [0.1, 0.15) is 4.34 Å². The number of hydrogen-bond donors (Lipinski definition) is 0. The second-order valence-electron chi connectivity index (χ2n) is 5.22. The highest BCUT2D eigenvalue weighted by Crippen LogP contribution is 2.34. The summed E-state index contributed by atoms with van der Waals surface area (Å²) in [7, 11) is 0. The van der Waals surface area contributed by atoms with Crippen molar-refractivity contribution in [3.05, 3.63) is 40.4 Å². The molecule has 0 N–H and O–H groups in total. The van der Waals surface area contributed by atoms with Crippen molar-refractivity contribution in [2.45, 2.75) is 25.7 Å². The molecule has 3 rings (SSSR count). The van der Waals surface area contributed by atoms with Gasteiger partial charge in [-0.2, -0.15) is 0 Å². The van der Waals surface area contributed by atoms with Crippen LogP contribution in [-0.2, 0) is 0 Å². The highest BCUT2D eigenvalue weighted by atomic mass is 35.5. The summed E-state index contributed by atoms with van der Waals surface area (Å²) in [5.74, 6) is 0.0559. The molecule has 21 heavy (non-hydrogen) atoms. The van der Waals surface area contributed by atoms with Crippen molar-refractivity contribution in [1.82, 2.24) is 9.88 Å². The number of rotatable bonds is 2. The van der Waals surface area contributed by atoms with E-state index < -0.39 is 0 Å². The summed E-state index contributed by atoms with van der Waals surface area (Å²) in [6.07, 6.45) is 6.33. The van der Waals surface area contributed by atoms with E-state index in [1.54, 1.807) is 6.20 Å². The number of aromatic nitrogens is 1. The van der Waals surface area contributed by atoms with Gasteiger partial charge in [0.15, 0.2) is 0 Å². The lowest BCUT2D eigenvalue weighted by Gasteiger charge is -2.19. The first-order valence-electron chi connectivity index (χ1n) is 7.26. The van der Waals surface area contributed by atoms with Crippen molar-refractivity contribution < 1.29 is 4.79 Å². The van der Waals surface area contributed by atoms with Gasteiger partial charge in [-0.25, -0.2) is 0 Å². The van der Waals surface area contributed by atoms with Crippen LogP contribution in [0.1, 0.15) is 36.0 Å².